The maximum atomic E-state index is 13.0. The van der Waals surface area contributed by atoms with E-state index in [0.29, 0.717) is 5.56 Å². The molecule has 2 rings (SSSR count). The lowest BCUT2D eigenvalue weighted by molar-refractivity contribution is -0.148. The average molecular weight is 362 g/mol. The molecule has 1 heterocycles. The number of primary amides is 1. The maximum Gasteiger partial charge on any atom is 0.331 e. The van der Waals surface area contributed by atoms with Gasteiger partial charge in [0.05, 0.1) is 5.56 Å². The van der Waals surface area contributed by atoms with Gasteiger partial charge in [-0.15, -0.1) is 11.3 Å². The first kappa shape index (κ1) is 18.3. The molecule has 1 unspecified atom stereocenters. The Balaban J connectivity index is 1.93. The number of esters is 1. The van der Waals surface area contributed by atoms with Gasteiger partial charge in [0.15, 0.2) is 6.10 Å². The highest BCUT2D eigenvalue weighted by atomic mass is 32.1. The third-order valence-electron chi connectivity index (χ3n) is 3.09. The van der Waals surface area contributed by atoms with E-state index in [2.05, 4.69) is 5.32 Å². The van der Waals surface area contributed by atoms with Crippen LogP contribution in [0.2, 0.25) is 0 Å². The molecular weight excluding hydrogens is 347 g/mol. The van der Waals surface area contributed by atoms with Gasteiger partial charge in [-0.1, -0.05) is 12.1 Å². The number of amides is 2. The third-order valence-corrected chi connectivity index (χ3v) is 3.92. The number of nitrogens with two attached hydrogens (primary N) is 1. The van der Waals surface area contributed by atoms with Crippen molar-refractivity contribution in [2.24, 2.45) is 5.73 Å². The molecule has 0 aliphatic rings. The number of carbonyl (C=O) groups is 3. The van der Waals surface area contributed by atoms with Crippen LogP contribution in [-0.2, 0) is 14.3 Å². The molecule has 1 aromatic carbocycles. The number of rotatable bonds is 6. The van der Waals surface area contributed by atoms with Gasteiger partial charge in [0, 0.05) is 6.08 Å². The topological polar surface area (TPSA) is 98.5 Å². The summed E-state index contributed by atoms with van der Waals surface area (Å²) in [6.07, 6.45) is 1.38. The highest BCUT2D eigenvalue weighted by Crippen LogP contribution is 2.23. The molecule has 2 amide bonds. The zero-order chi connectivity index (χ0) is 18.4. The monoisotopic (exact) mass is 362 g/mol. The number of carbonyl (C=O) groups excluding carboxylic acids is 3. The zero-order valence-corrected chi connectivity index (χ0v) is 14.0. The lowest BCUT2D eigenvalue weighted by Gasteiger charge is -2.12. The number of halogens is 1. The number of anilines is 1. The fourth-order valence-electron chi connectivity index (χ4n) is 1.86. The Morgan fingerprint density at radius 1 is 1.32 bits per heavy atom. The van der Waals surface area contributed by atoms with Crippen LogP contribution in [0.5, 0.6) is 0 Å². The molecule has 0 fully saturated rings. The van der Waals surface area contributed by atoms with Crippen LogP contribution in [0, 0.1) is 5.82 Å². The molecule has 0 bridgehead atoms. The highest BCUT2D eigenvalue weighted by Gasteiger charge is 2.19. The lowest BCUT2D eigenvalue weighted by Crippen LogP contribution is -2.29. The van der Waals surface area contributed by atoms with E-state index < -0.39 is 29.7 Å². The van der Waals surface area contributed by atoms with Crippen molar-refractivity contribution in [2.75, 3.05) is 5.32 Å². The molecule has 1 aromatic heterocycles. The number of ether oxygens (including phenoxy) is 1. The third kappa shape index (κ3) is 5.25. The van der Waals surface area contributed by atoms with E-state index in [4.69, 9.17) is 10.5 Å². The Morgan fingerprint density at radius 3 is 2.76 bits per heavy atom. The maximum absolute atomic E-state index is 13.0. The fraction of sp³-hybridized carbons (Fsp3) is 0.118. The molecular formula is C17H15FN2O4S. The summed E-state index contributed by atoms with van der Waals surface area (Å²) in [7, 11) is 0. The SMILES string of the molecule is CC(OC(=O)/C=C/c1cccc(F)c1)C(=O)Nc1sccc1C(N)=O. The van der Waals surface area contributed by atoms with Gasteiger partial charge in [-0.05, 0) is 42.1 Å². The summed E-state index contributed by atoms with van der Waals surface area (Å²) in [6, 6.07) is 7.15. The molecule has 0 spiro atoms. The minimum absolute atomic E-state index is 0.183. The van der Waals surface area contributed by atoms with E-state index in [-0.39, 0.29) is 10.6 Å². The molecule has 0 radical (unpaired) electrons. The van der Waals surface area contributed by atoms with Gasteiger partial charge in [0.1, 0.15) is 10.8 Å². The van der Waals surface area contributed by atoms with Gasteiger partial charge in [-0.2, -0.15) is 0 Å². The Hall–Kier alpha value is -3.00. The molecule has 130 valence electrons. The molecule has 0 saturated carbocycles. The Morgan fingerprint density at radius 2 is 2.08 bits per heavy atom. The van der Waals surface area contributed by atoms with Crippen LogP contribution in [-0.4, -0.2) is 23.9 Å². The first-order valence-electron chi connectivity index (χ1n) is 7.19. The molecule has 1 atom stereocenters. The van der Waals surface area contributed by atoms with Crippen molar-refractivity contribution in [3.8, 4) is 0 Å². The second-order valence-electron chi connectivity index (χ2n) is 4.98. The van der Waals surface area contributed by atoms with Crippen molar-refractivity contribution < 1.29 is 23.5 Å². The standard InChI is InChI=1S/C17H15FN2O4S/c1-10(16(23)20-17-13(15(19)22)7-8-25-17)24-14(21)6-5-11-3-2-4-12(18)9-11/h2-10H,1H3,(H2,19,22)(H,20,23)/b6-5+. The largest absolute Gasteiger partial charge is 0.449 e. The van der Waals surface area contributed by atoms with Crippen LogP contribution in [0.25, 0.3) is 6.08 Å². The average Bonchev–Trinajstić information content (AvgIpc) is 3.01. The van der Waals surface area contributed by atoms with Crippen LogP contribution >= 0.6 is 11.3 Å². The summed E-state index contributed by atoms with van der Waals surface area (Å²) in [5, 5.41) is 4.38. The van der Waals surface area contributed by atoms with Gasteiger partial charge in [-0.25, -0.2) is 9.18 Å². The number of thiophene rings is 1. The normalized spacial score (nSPS) is 11.9. The predicted octanol–water partition coefficient (Wildman–Crippen LogP) is 2.57. The van der Waals surface area contributed by atoms with Crippen LogP contribution in [0.1, 0.15) is 22.8 Å². The van der Waals surface area contributed by atoms with Crippen molar-refractivity contribution in [3.05, 3.63) is 58.7 Å². The summed E-state index contributed by atoms with van der Waals surface area (Å²) in [6.45, 7) is 1.39. The molecule has 2 aromatic rings. The van der Waals surface area contributed by atoms with Crippen molar-refractivity contribution in [1.82, 2.24) is 0 Å². The van der Waals surface area contributed by atoms with Gasteiger partial charge in [0.2, 0.25) is 0 Å². The Bertz CT molecular complexity index is 832. The number of hydrogen-bond donors (Lipinski definition) is 2. The number of benzene rings is 1. The summed E-state index contributed by atoms with van der Waals surface area (Å²) in [5.41, 5.74) is 5.86. The summed E-state index contributed by atoms with van der Waals surface area (Å²) >= 11 is 1.13. The van der Waals surface area contributed by atoms with E-state index in [1.807, 2.05) is 0 Å². The fourth-order valence-corrected chi connectivity index (χ4v) is 2.65. The molecule has 0 aliphatic heterocycles. The van der Waals surface area contributed by atoms with E-state index in [1.54, 1.807) is 11.4 Å². The first-order chi connectivity index (χ1) is 11.9. The van der Waals surface area contributed by atoms with E-state index >= 15 is 0 Å². The lowest BCUT2D eigenvalue weighted by atomic mass is 10.2. The zero-order valence-electron chi connectivity index (χ0n) is 13.2. The second-order valence-corrected chi connectivity index (χ2v) is 5.90. The Kier molecular flexibility index (Phi) is 6.02. The van der Waals surface area contributed by atoms with E-state index in [9.17, 15) is 18.8 Å². The molecule has 3 N–H and O–H groups in total. The second kappa shape index (κ2) is 8.20. The van der Waals surface area contributed by atoms with Gasteiger partial charge in [-0.3, -0.25) is 9.59 Å². The highest BCUT2D eigenvalue weighted by molar-refractivity contribution is 7.14. The minimum Gasteiger partial charge on any atom is -0.449 e. The summed E-state index contributed by atoms with van der Waals surface area (Å²) in [4.78, 5) is 35.0. The van der Waals surface area contributed by atoms with Crippen molar-refractivity contribution in [1.29, 1.82) is 0 Å². The quantitative estimate of drug-likeness (QED) is 0.609. The van der Waals surface area contributed by atoms with E-state index in [1.165, 1.54) is 37.3 Å². The van der Waals surface area contributed by atoms with Gasteiger partial charge < -0.3 is 15.8 Å². The van der Waals surface area contributed by atoms with Crippen molar-refractivity contribution in [3.63, 3.8) is 0 Å². The smallest absolute Gasteiger partial charge is 0.331 e. The van der Waals surface area contributed by atoms with Gasteiger partial charge >= 0.3 is 5.97 Å². The minimum atomic E-state index is -1.09. The summed E-state index contributed by atoms with van der Waals surface area (Å²) in [5.74, 6) is -2.45. The first-order valence-corrected chi connectivity index (χ1v) is 8.07. The predicted molar refractivity (Wildman–Crippen MR) is 92.5 cm³/mol. The summed E-state index contributed by atoms with van der Waals surface area (Å²) < 4.78 is 18.0. The molecule has 0 saturated heterocycles. The van der Waals surface area contributed by atoms with Crippen molar-refractivity contribution >= 4 is 40.2 Å². The number of hydrogen-bond acceptors (Lipinski definition) is 5. The molecule has 6 nitrogen and oxygen atoms in total. The molecule has 25 heavy (non-hydrogen) atoms. The Labute approximate surface area is 147 Å². The molecule has 8 heteroatoms. The van der Waals surface area contributed by atoms with Gasteiger partial charge in [0.25, 0.3) is 11.8 Å². The van der Waals surface area contributed by atoms with Crippen LogP contribution < -0.4 is 11.1 Å². The van der Waals surface area contributed by atoms with Crippen LogP contribution in [0.15, 0.2) is 41.8 Å². The van der Waals surface area contributed by atoms with Crippen molar-refractivity contribution in [2.45, 2.75) is 13.0 Å². The van der Waals surface area contributed by atoms with E-state index in [0.717, 1.165) is 17.4 Å². The molecule has 0 aliphatic carbocycles. The van der Waals surface area contributed by atoms with Crippen LogP contribution in [0.3, 0.4) is 0 Å². The number of nitrogens with one attached hydrogen (secondary N) is 1. The van der Waals surface area contributed by atoms with Crippen LogP contribution in [0.4, 0.5) is 9.39 Å².